The zero-order chi connectivity index (χ0) is 19.1. The molecule has 5 rings (SSSR count). The molecule has 0 unspecified atom stereocenters. The summed E-state index contributed by atoms with van der Waals surface area (Å²) in [6, 6.07) is 18.1. The molecule has 0 aliphatic rings. The highest BCUT2D eigenvalue weighted by Gasteiger charge is 2.13. The van der Waals surface area contributed by atoms with Gasteiger partial charge in [0, 0.05) is 27.4 Å². The lowest BCUT2D eigenvalue weighted by Crippen LogP contribution is -1.97. The monoisotopic (exact) mass is 390 g/mol. The molecule has 0 aliphatic carbocycles. The summed E-state index contributed by atoms with van der Waals surface area (Å²) in [5, 5.41) is 18.3. The first kappa shape index (κ1) is 16.6. The Bertz CT molecular complexity index is 1320. The van der Waals surface area contributed by atoms with E-state index < -0.39 is 5.97 Å². The van der Waals surface area contributed by atoms with E-state index in [1.807, 2.05) is 30.3 Å². The van der Waals surface area contributed by atoms with Crippen LogP contribution < -0.4 is 0 Å². The zero-order valence-electron chi connectivity index (χ0n) is 14.5. The largest absolute Gasteiger partial charge is 0.481 e. The summed E-state index contributed by atoms with van der Waals surface area (Å²) in [5.74, 6) is 0.716. The predicted molar refractivity (Wildman–Crippen MR) is 107 cm³/mol. The number of aliphatic carboxylic acids is 1. The van der Waals surface area contributed by atoms with Crippen molar-refractivity contribution in [2.24, 2.45) is 0 Å². The minimum Gasteiger partial charge on any atom is -0.481 e. The first-order valence-electron chi connectivity index (χ1n) is 8.55. The quantitative estimate of drug-likeness (QED) is 0.380. The van der Waals surface area contributed by atoms with Crippen molar-refractivity contribution in [3.05, 3.63) is 54.6 Å². The van der Waals surface area contributed by atoms with Crippen LogP contribution in [0.15, 0.2) is 64.2 Å². The number of hydrogen-bond acceptors (Lipinski definition) is 5. The van der Waals surface area contributed by atoms with Gasteiger partial charge in [0.1, 0.15) is 5.76 Å². The number of aromatic nitrogens is 4. The molecule has 8 heteroatoms. The number of carboxylic acid groups (broad SMARTS) is 1. The summed E-state index contributed by atoms with van der Waals surface area (Å²) < 4.78 is 5.94. The second kappa shape index (κ2) is 6.58. The number of carbonyl (C=O) groups is 1. The highest BCUT2D eigenvalue weighted by molar-refractivity contribution is 7.99. The molecule has 0 aliphatic heterocycles. The number of carboxylic acids is 1. The summed E-state index contributed by atoms with van der Waals surface area (Å²) >= 11 is 1.05. The highest BCUT2D eigenvalue weighted by atomic mass is 32.2. The number of thioether (sulfide) groups is 1. The number of hydrogen-bond donors (Lipinski definition) is 3. The number of rotatable bonds is 5. The molecule has 2 aromatic carbocycles. The Balaban J connectivity index is 1.45. The molecule has 3 heterocycles. The van der Waals surface area contributed by atoms with Gasteiger partial charge in [0.25, 0.3) is 0 Å². The van der Waals surface area contributed by atoms with Crippen LogP contribution in [0.5, 0.6) is 0 Å². The number of fused-ring (bicyclic) bond motifs is 3. The van der Waals surface area contributed by atoms with Crippen LogP contribution in [0.25, 0.3) is 44.7 Å². The predicted octanol–water partition coefficient (Wildman–Crippen LogP) is 4.54. The third kappa shape index (κ3) is 2.93. The van der Waals surface area contributed by atoms with Gasteiger partial charge in [0.2, 0.25) is 5.16 Å². The fraction of sp³-hybridized carbons (Fsp3) is 0.0500. The topological polar surface area (TPSA) is 108 Å². The van der Waals surface area contributed by atoms with E-state index in [0.29, 0.717) is 22.5 Å². The molecule has 0 fully saturated rings. The Labute approximate surface area is 162 Å². The Morgan fingerprint density at radius 3 is 2.75 bits per heavy atom. The van der Waals surface area contributed by atoms with Crippen molar-refractivity contribution in [1.29, 1.82) is 0 Å². The molecular formula is C20H14N4O3S. The molecule has 7 nitrogen and oxygen atoms in total. The smallest absolute Gasteiger partial charge is 0.313 e. The van der Waals surface area contributed by atoms with E-state index in [4.69, 9.17) is 9.52 Å². The third-order valence-electron chi connectivity index (χ3n) is 4.42. The van der Waals surface area contributed by atoms with Crippen LogP contribution in [0, 0.1) is 0 Å². The SMILES string of the molecule is O=C(O)CSc1n[nH]c(-c2ccc(-c3ccc4c(c3)[nH]c3ccccc34)o2)n1. The van der Waals surface area contributed by atoms with E-state index in [2.05, 4.69) is 44.4 Å². The number of aromatic amines is 2. The van der Waals surface area contributed by atoms with Gasteiger partial charge in [0.15, 0.2) is 11.6 Å². The van der Waals surface area contributed by atoms with E-state index in [1.54, 1.807) is 0 Å². The maximum atomic E-state index is 10.7. The molecular weight excluding hydrogens is 376 g/mol. The van der Waals surface area contributed by atoms with Crippen LogP contribution in [0.1, 0.15) is 0 Å². The molecule has 28 heavy (non-hydrogen) atoms. The average molecular weight is 390 g/mol. The first-order valence-corrected chi connectivity index (χ1v) is 9.54. The van der Waals surface area contributed by atoms with E-state index in [1.165, 1.54) is 10.8 Å². The van der Waals surface area contributed by atoms with Crippen molar-refractivity contribution in [3.8, 4) is 22.9 Å². The molecule has 0 bridgehead atoms. The van der Waals surface area contributed by atoms with Crippen LogP contribution >= 0.6 is 11.8 Å². The van der Waals surface area contributed by atoms with Crippen molar-refractivity contribution in [1.82, 2.24) is 20.2 Å². The van der Waals surface area contributed by atoms with Gasteiger partial charge in [-0.3, -0.25) is 9.89 Å². The van der Waals surface area contributed by atoms with Gasteiger partial charge >= 0.3 is 5.97 Å². The van der Waals surface area contributed by atoms with E-state index in [9.17, 15) is 4.79 Å². The maximum Gasteiger partial charge on any atom is 0.313 e. The fourth-order valence-corrected chi connectivity index (χ4v) is 3.69. The molecule has 0 spiro atoms. The van der Waals surface area contributed by atoms with E-state index in [0.717, 1.165) is 28.4 Å². The highest BCUT2D eigenvalue weighted by Crippen LogP contribution is 2.32. The van der Waals surface area contributed by atoms with Crippen molar-refractivity contribution in [2.75, 3.05) is 5.75 Å². The second-order valence-corrected chi connectivity index (χ2v) is 7.19. The maximum absolute atomic E-state index is 10.7. The molecule has 5 aromatic rings. The van der Waals surface area contributed by atoms with Gasteiger partial charge in [-0.2, -0.15) is 4.98 Å². The second-order valence-electron chi connectivity index (χ2n) is 6.24. The molecule has 0 amide bonds. The molecule has 138 valence electrons. The van der Waals surface area contributed by atoms with E-state index in [-0.39, 0.29) is 5.75 Å². The molecule has 3 aromatic heterocycles. The van der Waals surface area contributed by atoms with Gasteiger partial charge < -0.3 is 14.5 Å². The number of benzene rings is 2. The molecule has 0 atom stereocenters. The third-order valence-corrected chi connectivity index (χ3v) is 5.25. The van der Waals surface area contributed by atoms with Crippen LogP contribution in [0.2, 0.25) is 0 Å². The molecule has 3 N–H and O–H groups in total. The van der Waals surface area contributed by atoms with Crippen molar-refractivity contribution >= 4 is 39.5 Å². The fourth-order valence-electron chi connectivity index (χ4n) is 3.18. The van der Waals surface area contributed by atoms with Crippen molar-refractivity contribution in [3.63, 3.8) is 0 Å². The zero-order valence-corrected chi connectivity index (χ0v) is 15.3. The Morgan fingerprint density at radius 2 is 1.86 bits per heavy atom. The molecule has 0 saturated heterocycles. The Kier molecular flexibility index (Phi) is 3.91. The minimum atomic E-state index is -0.913. The Morgan fingerprint density at radius 1 is 1.04 bits per heavy atom. The Hall–Kier alpha value is -3.52. The average Bonchev–Trinajstić information content (AvgIpc) is 3.42. The van der Waals surface area contributed by atoms with Gasteiger partial charge in [-0.05, 0) is 24.3 Å². The number of H-pyrrole nitrogens is 2. The molecule has 0 radical (unpaired) electrons. The first-order chi connectivity index (χ1) is 13.7. The number of nitrogens with zero attached hydrogens (tertiary/aromatic N) is 2. The minimum absolute atomic E-state index is 0.0921. The van der Waals surface area contributed by atoms with E-state index >= 15 is 0 Å². The number of para-hydroxylation sites is 1. The van der Waals surface area contributed by atoms with Crippen molar-refractivity contribution in [2.45, 2.75) is 5.16 Å². The summed E-state index contributed by atoms with van der Waals surface area (Å²) in [4.78, 5) is 18.4. The van der Waals surface area contributed by atoms with Crippen LogP contribution in [0.4, 0.5) is 0 Å². The standard InChI is InChI=1S/C20H14N4O3S/c25-18(26)10-28-20-22-19(23-24-20)17-8-7-16(27-17)11-5-6-13-12-3-1-2-4-14(12)21-15(13)9-11/h1-9,21H,10H2,(H,25,26)(H,22,23,24). The summed E-state index contributed by atoms with van der Waals surface area (Å²) in [5.41, 5.74) is 3.09. The van der Waals surface area contributed by atoms with Gasteiger partial charge in [-0.1, -0.05) is 42.1 Å². The van der Waals surface area contributed by atoms with Crippen LogP contribution in [0.3, 0.4) is 0 Å². The lowest BCUT2D eigenvalue weighted by Gasteiger charge is -1.98. The lowest BCUT2D eigenvalue weighted by atomic mass is 10.1. The van der Waals surface area contributed by atoms with Crippen LogP contribution in [-0.2, 0) is 4.79 Å². The number of furan rings is 1. The number of nitrogens with one attached hydrogen (secondary N) is 2. The van der Waals surface area contributed by atoms with Gasteiger partial charge in [0.05, 0.1) is 5.75 Å². The molecule has 0 saturated carbocycles. The van der Waals surface area contributed by atoms with Crippen LogP contribution in [-0.4, -0.2) is 37.0 Å². The normalized spacial score (nSPS) is 11.4. The summed E-state index contributed by atoms with van der Waals surface area (Å²) in [6.07, 6.45) is 0. The summed E-state index contributed by atoms with van der Waals surface area (Å²) in [7, 11) is 0. The van der Waals surface area contributed by atoms with Gasteiger partial charge in [-0.15, -0.1) is 5.10 Å². The van der Waals surface area contributed by atoms with Crippen molar-refractivity contribution < 1.29 is 14.3 Å². The van der Waals surface area contributed by atoms with Gasteiger partial charge in [-0.25, -0.2) is 0 Å². The summed E-state index contributed by atoms with van der Waals surface area (Å²) in [6.45, 7) is 0. The lowest BCUT2D eigenvalue weighted by molar-refractivity contribution is -0.133.